The highest BCUT2D eigenvalue weighted by Gasteiger charge is 2.34. The Bertz CT molecular complexity index is 1390. The van der Waals surface area contributed by atoms with Gasteiger partial charge in [-0.3, -0.25) is 13.9 Å². The van der Waals surface area contributed by atoms with E-state index in [1.54, 1.807) is 24.3 Å². The monoisotopic (exact) mass is 565 g/mol. The Kier molecular flexibility index (Phi) is 10.7. The smallest absolute Gasteiger partial charge is 0.244 e. The molecule has 0 fully saturated rings. The zero-order valence-corrected chi connectivity index (χ0v) is 24.6. The van der Waals surface area contributed by atoms with Gasteiger partial charge in [-0.25, -0.2) is 8.42 Å². The lowest BCUT2D eigenvalue weighted by atomic mass is 10.0. The number of anilines is 1. The van der Waals surface area contributed by atoms with Crippen molar-refractivity contribution in [3.05, 3.63) is 95.6 Å². The molecule has 0 saturated carbocycles. The van der Waals surface area contributed by atoms with Gasteiger partial charge in [0.2, 0.25) is 21.8 Å². The third-order valence-corrected chi connectivity index (χ3v) is 8.03. The number of para-hydroxylation sites is 2. The van der Waals surface area contributed by atoms with Crippen LogP contribution in [0.3, 0.4) is 0 Å². The minimum atomic E-state index is -3.88. The van der Waals surface area contributed by atoms with E-state index in [0.29, 0.717) is 5.75 Å². The number of methoxy groups -OCH3 is 1. The Hall–Kier alpha value is -3.85. The number of carbonyl (C=O) groups is 2. The van der Waals surface area contributed by atoms with Crippen molar-refractivity contribution in [2.24, 2.45) is 0 Å². The Morgan fingerprint density at radius 3 is 2.20 bits per heavy atom. The lowest BCUT2D eigenvalue weighted by Crippen LogP contribution is -2.54. The molecule has 0 spiro atoms. The number of hydrogen-bond donors (Lipinski definition) is 1. The van der Waals surface area contributed by atoms with Crippen molar-refractivity contribution in [2.75, 3.05) is 24.2 Å². The molecule has 40 heavy (non-hydrogen) atoms. The number of aryl methyl sites for hydroxylation is 1. The van der Waals surface area contributed by atoms with Gasteiger partial charge in [0.1, 0.15) is 18.3 Å². The predicted octanol–water partition coefficient (Wildman–Crippen LogP) is 4.32. The Morgan fingerprint density at radius 1 is 0.950 bits per heavy atom. The summed E-state index contributed by atoms with van der Waals surface area (Å²) in [5.74, 6) is -0.468. The summed E-state index contributed by atoms with van der Waals surface area (Å²) < 4.78 is 32.4. The summed E-state index contributed by atoms with van der Waals surface area (Å²) in [5, 5.41) is 3.03. The van der Waals surface area contributed by atoms with Gasteiger partial charge in [0.15, 0.2) is 0 Å². The van der Waals surface area contributed by atoms with E-state index >= 15 is 0 Å². The van der Waals surface area contributed by atoms with E-state index in [1.165, 1.54) is 12.0 Å². The molecule has 0 aromatic heterocycles. The van der Waals surface area contributed by atoms with Crippen LogP contribution >= 0.6 is 0 Å². The molecule has 214 valence electrons. The number of nitrogens with zero attached hydrogens (tertiary/aromatic N) is 2. The molecule has 0 radical (unpaired) electrons. The zero-order valence-electron chi connectivity index (χ0n) is 23.8. The van der Waals surface area contributed by atoms with E-state index in [0.717, 1.165) is 33.7 Å². The van der Waals surface area contributed by atoms with Gasteiger partial charge in [0.05, 0.1) is 19.1 Å². The van der Waals surface area contributed by atoms with E-state index < -0.39 is 28.5 Å². The standard InChI is InChI=1S/C31H39N3O5S/c1-6-24(3)32-31(36)28(20-25-15-8-7-9-16-25)33(21-26-17-11-10-14-23(26)2)30(35)22-34(40(5,37)38)27-18-12-13-19-29(27)39-4/h7-19,24,28H,6,20-22H2,1-5H3,(H,32,36)/t24-,28+/m0/s1. The van der Waals surface area contributed by atoms with Crippen LogP contribution in [-0.2, 0) is 32.6 Å². The Labute approximate surface area is 238 Å². The van der Waals surface area contributed by atoms with E-state index in [1.807, 2.05) is 75.4 Å². The molecule has 3 aromatic rings. The first-order valence-corrected chi connectivity index (χ1v) is 15.2. The third kappa shape index (κ3) is 8.08. The highest BCUT2D eigenvalue weighted by Crippen LogP contribution is 2.30. The maximum Gasteiger partial charge on any atom is 0.244 e. The molecule has 0 saturated heterocycles. The Balaban J connectivity index is 2.09. The van der Waals surface area contributed by atoms with Crippen LogP contribution in [0.1, 0.15) is 37.0 Å². The zero-order chi connectivity index (χ0) is 29.3. The molecule has 8 nitrogen and oxygen atoms in total. The van der Waals surface area contributed by atoms with Gasteiger partial charge < -0.3 is 15.0 Å². The lowest BCUT2D eigenvalue weighted by molar-refractivity contribution is -0.140. The summed E-state index contributed by atoms with van der Waals surface area (Å²) >= 11 is 0. The molecule has 0 unspecified atom stereocenters. The number of amides is 2. The second kappa shape index (κ2) is 14.0. The number of benzene rings is 3. The summed E-state index contributed by atoms with van der Waals surface area (Å²) in [4.78, 5) is 29.4. The number of sulfonamides is 1. The molecule has 0 aliphatic rings. The first kappa shape index (κ1) is 30.7. The van der Waals surface area contributed by atoms with Gasteiger partial charge in [-0.2, -0.15) is 0 Å². The molecule has 2 atom stereocenters. The number of hydrogen-bond acceptors (Lipinski definition) is 5. The number of carbonyl (C=O) groups excluding carboxylic acids is 2. The van der Waals surface area contributed by atoms with Crippen LogP contribution in [0.25, 0.3) is 0 Å². The van der Waals surface area contributed by atoms with E-state index in [2.05, 4.69) is 5.32 Å². The highest BCUT2D eigenvalue weighted by atomic mass is 32.2. The molecule has 0 heterocycles. The summed E-state index contributed by atoms with van der Waals surface area (Å²) in [6.45, 7) is 5.48. The molecule has 0 aliphatic heterocycles. The van der Waals surface area contributed by atoms with E-state index in [-0.39, 0.29) is 30.6 Å². The van der Waals surface area contributed by atoms with Crippen LogP contribution in [0.2, 0.25) is 0 Å². The van der Waals surface area contributed by atoms with Crippen LogP contribution < -0.4 is 14.4 Å². The second-order valence-corrected chi connectivity index (χ2v) is 11.8. The quantitative estimate of drug-likeness (QED) is 0.333. The van der Waals surface area contributed by atoms with Crippen molar-refractivity contribution in [3.63, 3.8) is 0 Å². The van der Waals surface area contributed by atoms with Crippen LogP contribution in [0.15, 0.2) is 78.9 Å². The van der Waals surface area contributed by atoms with Gasteiger partial charge in [-0.15, -0.1) is 0 Å². The van der Waals surface area contributed by atoms with Crippen LogP contribution in [0, 0.1) is 6.92 Å². The largest absolute Gasteiger partial charge is 0.495 e. The van der Waals surface area contributed by atoms with Crippen molar-refractivity contribution in [1.29, 1.82) is 0 Å². The first-order chi connectivity index (χ1) is 19.0. The summed E-state index contributed by atoms with van der Waals surface area (Å²) in [6.07, 6.45) is 2.05. The normalized spacial score (nSPS) is 12.7. The third-order valence-electron chi connectivity index (χ3n) is 6.91. The molecule has 2 amide bonds. The van der Waals surface area contributed by atoms with Crippen LogP contribution in [0.4, 0.5) is 5.69 Å². The fraction of sp³-hybridized carbons (Fsp3) is 0.355. The van der Waals surface area contributed by atoms with Crippen molar-refractivity contribution >= 4 is 27.5 Å². The molecule has 3 rings (SSSR count). The number of rotatable bonds is 13. The van der Waals surface area contributed by atoms with Gasteiger partial charge in [0, 0.05) is 19.0 Å². The van der Waals surface area contributed by atoms with Crippen LogP contribution in [-0.4, -0.2) is 57.1 Å². The van der Waals surface area contributed by atoms with Crippen LogP contribution in [0.5, 0.6) is 5.75 Å². The van der Waals surface area contributed by atoms with Gasteiger partial charge >= 0.3 is 0 Å². The predicted molar refractivity (Wildman–Crippen MR) is 159 cm³/mol. The lowest BCUT2D eigenvalue weighted by Gasteiger charge is -2.34. The average Bonchev–Trinajstić information content (AvgIpc) is 2.94. The van der Waals surface area contributed by atoms with E-state index in [9.17, 15) is 18.0 Å². The van der Waals surface area contributed by atoms with Crippen molar-refractivity contribution < 1.29 is 22.7 Å². The summed E-state index contributed by atoms with van der Waals surface area (Å²) in [5.41, 5.74) is 2.97. The first-order valence-electron chi connectivity index (χ1n) is 13.3. The molecular weight excluding hydrogens is 526 g/mol. The van der Waals surface area contributed by atoms with Gasteiger partial charge in [0.25, 0.3) is 0 Å². The van der Waals surface area contributed by atoms with Crippen molar-refractivity contribution in [2.45, 2.75) is 52.2 Å². The van der Waals surface area contributed by atoms with Crippen molar-refractivity contribution in [1.82, 2.24) is 10.2 Å². The molecule has 9 heteroatoms. The van der Waals surface area contributed by atoms with E-state index in [4.69, 9.17) is 4.74 Å². The average molecular weight is 566 g/mol. The highest BCUT2D eigenvalue weighted by molar-refractivity contribution is 7.92. The van der Waals surface area contributed by atoms with Crippen molar-refractivity contribution in [3.8, 4) is 5.75 Å². The number of nitrogens with one attached hydrogen (secondary N) is 1. The molecule has 1 N–H and O–H groups in total. The summed E-state index contributed by atoms with van der Waals surface area (Å²) in [7, 11) is -2.44. The molecule has 0 aliphatic carbocycles. The van der Waals surface area contributed by atoms with Gasteiger partial charge in [-0.05, 0) is 49.1 Å². The maximum atomic E-state index is 14.2. The molecule has 3 aromatic carbocycles. The minimum absolute atomic E-state index is 0.0951. The van der Waals surface area contributed by atoms with Gasteiger partial charge in [-0.1, -0.05) is 73.7 Å². The molecular formula is C31H39N3O5S. The summed E-state index contributed by atoms with van der Waals surface area (Å²) in [6, 6.07) is 22.8. The second-order valence-electron chi connectivity index (χ2n) is 9.91. The fourth-order valence-corrected chi connectivity index (χ4v) is 5.25. The minimum Gasteiger partial charge on any atom is -0.495 e. The molecule has 0 bridgehead atoms. The Morgan fingerprint density at radius 2 is 1.57 bits per heavy atom. The SMILES string of the molecule is CC[C@H](C)NC(=O)[C@@H](Cc1ccccc1)N(Cc1ccccc1C)C(=O)CN(c1ccccc1OC)S(C)(=O)=O. The topological polar surface area (TPSA) is 96.0 Å². The maximum absolute atomic E-state index is 14.2. The fourth-order valence-electron chi connectivity index (χ4n) is 4.40. The number of ether oxygens (including phenoxy) is 1.